The molecule has 6 heteroatoms. The van der Waals surface area contributed by atoms with Crippen LogP contribution in [-0.2, 0) is 7.05 Å². The lowest BCUT2D eigenvalue weighted by Crippen LogP contribution is -2.29. The normalized spacial score (nSPS) is 11.8. The van der Waals surface area contributed by atoms with Crippen molar-refractivity contribution in [2.75, 3.05) is 5.75 Å². The van der Waals surface area contributed by atoms with Gasteiger partial charge in [-0.15, -0.1) is 10.2 Å². The summed E-state index contributed by atoms with van der Waals surface area (Å²) in [5.74, 6) is 1.36. The van der Waals surface area contributed by atoms with Crippen molar-refractivity contribution in [1.29, 1.82) is 0 Å². The van der Waals surface area contributed by atoms with Gasteiger partial charge in [-0.05, 0) is 25.0 Å². The highest BCUT2D eigenvalue weighted by molar-refractivity contribution is 7.99. The molecule has 0 saturated heterocycles. The number of nitrogens with zero attached hydrogens (tertiary/aromatic N) is 4. The van der Waals surface area contributed by atoms with Gasteiger partial charge >= 0.3 is 0 Å². The SMILES string of the molecule is CCC(O)(CC)CSc1nnc(-c2ccccn2)n1C. The van der Waals surface area contributed by atoms with E-state index in [0.29, 0.717) is 5.75 Å². The third kappa shape index (κ3) is 3.19. The van der Waals surface area contributed by atoms with Crippen molar-refractivity contribution in [2.45, 2.75) is 37.4 Å². The highest BCUT2D eigenvalue weighted by Gasteiger charge is 2.24. The molecule has 0 spiro atoms. The number of thioether (sulfide) groups is 1. The molecule has 0 radical (unpaired) electrons. The van der Waals surface area contributed by atoms with E-state index in [1.807, 2.05) is 43.7 Å². The molecule has 2 rings (SSSR count). The lowest BCUT2D eigenvalue weighted by molar-refractivity contribution is 0.0571. The predicted octanol–water partition coefficient (Wildman–Crippen LogP) is 2.52. The number of pyridine rings is 1. The van der Waals surface area contributed by atoms with Gasteiger partial charge in [0, 0.05) is 19.0 Å². The summed E-state index contributed by atoms with van der Waals surface area (Å²) in [6, 6.07) is 5.71. The fourth-order valence-corrected chi connectivity index (χ4v) is 3.00. The molecule has 0 unspecified atom stereocenters. The molecular weight excluding hydrogens is 272 g/mol. The number of aromatic nitrogens is 4. The summed E-state index contributed by atoms with van der Waals surface area (Å²) < 4.78 is 1.92. The fourth-order valence-electron chi connectivity index (χ4n) is 1.81. The molecule has 2 aromatic heterocycles. The van der Waals surface area contributed by atoms with Crippen molar-refractivity contribution >= 4 is 11.8 Å². The Labute approximate surface area is 123 Å². The van der Waals surface area contributed by atoms with Gasteiger partial charge in [0.25, 0.3) is 0 Å². The minimum atomic E-state index is -0.637. The molecule has 1 N–H and O–H groups in total. The molecule has 0 bridgehead atoms. The van der Waals surface area contributed by atoms with Crippen LogP contribution in [0, 0.1) is 0 Å². The summed E-state index contributed by atoms with van der Waals surface area (Å²) in [5, 5.41) is 19.5. The number of hydrogen-bond acceptors (Lipinski definition) is 5. The molecule has 0 fully saturated rings. The quantitative estimate of drug-likeness (QED) is 0.829. The highest BCUT2D eigenvalue weighted by Crippen LogP contribution is 2.27. The molecule has 0 aliphatic rings. The van der Waals surface area contributed by atoms with Crippen LogP contribution in [0.4, 0.5) is 0 Å². The van der Waals surface area contributed by atoms with Gasteiger partial charge in [0.05, 0.1) is 5.60 Å². The standard InChI is InChI=1S/C14H20N4OS/c1-4-14(19,5-2)10-20-13-17-16-12(18(13)3)11-8-6-7-9-15-11/h6-9,19H,4-5,10H2,1-3H3. The second-order valence-corrected chi connectivity index (χ2v) is 5.74. The Balaban J connectivity index is 2.14. The molecule has 108 valence electrons. The van der Waals surface area contributed by atoms with E-state index in [-0.39, 0.29) is 0 Å². The molecular formula is C14H20N4OS. The summed E-state index contributed by atoms with van der Waals surface area (Å²) in [6.45, 7) is 4.00. The third-order valence-electron chi connectivity index (χ3n) is 3.52. The van der Waals surface area contributed by atoms with Crippen LogP contribution in [0.15, 0.2) is 29.6 Å². The first-order valence-electron chi connectivity index (χ1n) is 6.75. The topological polar surface area (TPSA) is 63.8 Å². The Morgan fingerprint density at radius 1 is 1.25 bits per heavy atom. The first kappa shape index (κ1) is 15.0. The van der Waals surface area contributed by atoms with Gasteiger partial charge < -0.3 is 9.67 Å². The van der Waals surface area contributed by atoms with Crippen LogP contribution in [0.3, 0.4) is 0 Å². The van der Waals surface area contributed by atoms with Gasteiger partial charge in [-0.2, -0.15) is 0 Å². The molecule has 0 aliphatic carbocycles. The van der Waals surface area contributed by atoms with E-state index in [1.54, 1.807) is 6.20 Å². The van der Waals surface area contributed by atoms with Gasteiger partial charge in [0.1, 0.15) is 5.69 Å². The van der Waals surface area contributed by atoms with Gasteiger partial charge in [-0.3, -0.25) is 4.98 Å². The van der Waals surface area contributed by atoms with E-state index < -0.39 is 5.60 Å². The van der Waals surface area contributed by atoms with Crippen LogP contribution in [0.25, 0.3) is 11.5 Å². The van der Waals surface area contributed by atoms with Crippen molar-refractivity contribution in [1.82, 2.24) is 19.7 Å². The van der Waals surface area contributed by atoms with E-state index in [9.17, 15) is 5.11 Å². The Hall–Kier alpha value is -1.40. The Morgan fingerprint density at radius 2 is 2.00 bits per heavy atom. The highest BCUT2D eigenvalue weighted by atomic mass is 32.2. The summed E-state index contributed by atoms with van der Waals surface area (Å²) >= 11 is 1.53. The number of aliphatic hydroxyl groups is 1. The first-order valence-corrected chi connectivity index (χ1v) is 7.74. The maximum absolute atomic E-state index is 10.3. The maximum Gasteiger partial charge on any atom is 0.191 e. The molecule has 0 aromatic carbocycles. The van der Waals surface area contributed by atoms with Crippen LogP contribution in [0.1, 0.15) is 26.7 Å². The molecule has 0 amide bonds. The minimum absolute atomic E-state index is 0.619. The summed E-state index contributed by atoms with van der Waals surface area (Å²) in [4.78, 5) is 4.28. The molecule has 0 saturated carbocycles. The van der Waals surface area contributed by atoms with Crippen LogP contribution < -0.4 is 0 Å². The average molecular weight is 292 g/mol. The second-order valence-electron chi connectivity index (χ2n) is 4.80. The van der Waals surface area contributed by atoms with Crippen molar-refractivity contribution in [3.63, 3.8) is 0 Å². The fraction of sp³-hybridized carbons (Fsp3) is 0.500. The van der Waals surface area contributed by atoms with E-state index in [0.717, 1.165) is 29.5 Å². The minimum Gasteiger partial charge on any atom is -0.389 e. The summed E-state index contributed by atoms with van der Waals surface area (Å²) in [5.41, 5.74) is 0.164. The Morgan fingerprint density at radius 3 is 2.60 bits per heavy atom. The van der Waals surface area contributed by atoms with Gasteiger partial charge in [0.15, 0.2) is 11.0 Å². The van der Waals surface area contributed by atoms with Crippen LogP contribution in [0.5, 0.6) is 0 Å². The zero-order valence-electron chi connectivity index (χ0n) is 12.1. The predicted molar refractivity (Wildman–Crippen MR) is 80.5 cm³/mol. The lowest BCUT2D eigenvalue weighted by atomic mass is 10.0. The Bertz CT molecular complexity index is 552. The third-order valence-corrected chi connectivity index (χ3v) is 4.81. The van der Waals surface area contributed by atoms with Crippen molar-refractivity contribution in [3.8, 4) is 11.5 Å². The number of hydrogen-bond donors (Lipinski definition) is 1. The largest absolute Gasteiger partial charge is 0.389 e. The molecule has 2 heterocycles. The van der Waals surface area contributed by atoms with Crippen LogP contribution >= 0.6 is 11.8 Å². The monoisotopic (exact) mass is 292 g/mol. The van der Waals surface area contributed by atoms with Gasteiger partial charge in [0.2, 0.25) is 0 Å². The van der Waals surface area contributed by atoms with Gasteiger partial charge in [-0.1, -0.05) is 31.7 Å². The second kappa shape index (κ2) is 6.37. The van der Waals surface area contributed by atoms with E-state index in [4.69, 9.17) is 0 Å². The summed E-state index contributed by atoms with van der Waals surface area (Å²) in [7, 11) is 1.92. The molecule has 2 aromatic rings. The van der Waals surface area contributed by atoms with Crippen LogP contribution in [0.2, 0.25) is 0 Å². The lowest BCUT2D eigenvalue weighted by Gasteiger charge is -2.24. The van der Waals surface area contributed by atoms with E-state index in [2.05, 4.69) is 15.2 Å². The smallest absolute Gasteiger partial charge is 0.191 e. The first-order chi connectivity index (χ1) is 9.59. The summed E-state index contributed by atoms with van der Waals surface area (Å²) in [6.07, 6.45) is 3.21. The zero-order valence-corrected chi connectivity index (χ0v) is 12.9. The zero-order chi connectivity index (χ0) is 14.6. The molecule has 20 heavy (non-hydrogen) atoms. The Kier molecular flexibility index (Phi) is 4.77. The van der Waals surface area contributed by atoms with Crippen molar-refractivity contribution in [3.05, 3.63) is 24.4 Å². The van der Waals surface area contributed by atoms with E-state index in [1.165, 1.54) is 11.8 Å². The maximum atomic E-state index is 10.3. The van der Waals surface area contributed by atoms with E-state index >= 15 is 0 Å². The van der Waals surface area contributed by atoms with Crippen molar-refractivity contribution in [2.24, 2.45) is 7.05 Å². The molecule has 5 nitrogen and oxygen atoms in total. The molecule has 0 aliphatic heterocycles. The number of rotatable bonds is 6. The van der Waals surface area contributed by atoms with Gasteiger partial charge in [-0.25, -0.2) is 0 Å². The van der Waals surface area contributed by atoms with Crippen LogP contribution in [-0.4, -0.2) is 36.2 Å². The van der Waals surface area contributed by atoms with Crippen molar-refractivity contribution < 1.29 is 5.11 Å². The molecule has 0 atom stereocenters. The average Bonchev–Trinajstić information content (AvgIpc) is 2.87.